The number of carbonyl (C=O) groups excluding carboxylic acids is 1. The fourth-order valence-electron chi connectivity index (χ4n) is 1.97. The van der Waals surface area contributed by atoms with Crippen LogP contribution in [-0.4, -0.2) is 17.3 Å². The summed E-state index contributed by atoms with van der Waals surface area (Å²) in [6.45, 7) is 2.31. The summed E-state index contributed by atoms with van der Waals surface area (Å²) in [5.74, 6) is 0. The van der Waals surface area contributed by atoms with Gasteiger partial charge in [-0.05, 0) is 30.0 Å². The molecule has 0 N–H and O–H groups in total. The summed E-state index contributed by atoms with van der Waals surface area (Å²) >= 11 is 0. The molecule has 0 saturated carbocycles. The van der Waals surface area contributed by atoms with Crippen molar-refractivity contribution in [3.63, 3.8) is 0 Å². The lowest BCUT2D eigenvalue weighted by Crippen LogP contribution is -2.09. The molecule has 1 aliphatic rings. The van der Waals surface area contributed by atoms with E-state index in [0.29, 0.717) is 0 Å². The van der Waals surface area contributed by atoms with E-state index in [9.17, 15) is 4.79 Å². The average molecular weight is 217 g/mol. The molecule has 0 amide bonds. The number of hydrogen-bond acceptors (Lipinski definition) is 3. The van der Waals surface area contributed by atoms with Crippen molar-refractivity contribution in [2.45, 2.75) is 13.2 Å². The summed E-state index contributed by atoms with van der Waals surface area (Å²) in [4.78, 5) is 10.9. The highest BCUT2D eigenvalue weighted by molar-refractivity contribution is 5.81. The van der Waals surface area contributed by atoms with Crippen molar-refractivity contribution in [3.05, 3.63) is 36.0 Å². The Morgan fingerprint density at radius 2 is 2.25 bits per heavy atom. The summed E-state index contributed by atoms with van der Waals surface area (Å²) in [6.07, 6.45) is 0.975. The number of rotatable bonds is 1. The molecule has 1 aromatic heterocycles. The lowest BCUT2D eigenvalue weighted by Gasteiger charge is -2.10. The first-order chi connectivity index (χ1) is 7.74. The molecule has 3 rings (SSSR count). The number of hydrogen-bond donors (Lipinski definition) is 0. The maximum atomic E-state index is 10.9. The van der Waals surface area contributed by atoms with Crippen LogP contribution in [0.1, 0.15) is 11.8 Å². The van der Waals surface area contributed by atoms with Crippen LogP contribution < -0.4 is 0 Å². The van der Waals surface area contributed by atoms with Gasteiger partial charge in [0.15, 0.2) is 6.61 Å². The van der Waals surface area contributed by atoms with E-state index in [-0.39, 0.29) is 12.8 Å². The van der Waals surface area contributed by atoms with Gasteiger partial charge in [-0.25, -0.2) is 4.79 Å². The van der Waals surface area contributed by atoms with Gasteiger partial charge >= 0.3 is 6.16 Å². The van der Waals surface area contributed by atoms with E-state index in [4.69, 9.17) is 9.47 Å². The van der Waals surface area contributed by atoms with Crippen molar-refractivity contribution in [1.82, 2.24) is 4.57 Å². The van der Waals surface area contributed by atoms with E-state index >= 15 is 0 Å². The molecule has 2 heterocycles. The Hall–Kier alpha value is -1.97. The van der Waals surface area contributed by atoms with Gasteiger partial charge in [-0.15, -0.1) is 0 Å². The molecule has 16 heavy (non-hydrogen) atoms. The zero-order chi connectivity index (χ0) is 11.1. The molecule has 0 radical (unpaired) electrons. The molecular formula is C12H11NO3. The minimum absolute atomic E-state index is 0.274. The Morgan fingerprint density at radius 1 is 1.38 bits per heavy atom. The molecule has 0 bridgehead atoms. The quantitative estimate of drug-likeness (QED) is 0.689. The molecule has 82 valence electrons. The summed E-state index contributed by atoms with van der Waals surface area (Å²) in [5.41, 5.74) is 2.24. The molecule has 1 fully saturated rings. The van der Waals surface area contributed by atoms with Crippen LogP contribution in [0.4, 0.5) is 4.79 Å². The Kier molecular flexibility index (Phi) is 1.89. The molecule has 1 aliphatic heterocycles. The highest BCUT2D eigenvalue weighted by Gasteiger charge is 2.26. The van der Waals surface area contributed by atoms with Crippen LogP contribution in [0.15, 0.2) is 30.5 Å². The third-order valence-electron chi connectivity index (χ3n) is 2.77. The third kappa shape index (κ3) is 1.34. The van der Waals surface area contributed by atoms with Gasteiger partial charge in [0.2, 0.25) is 6.23 Å². The number of cyclic esters (lactones) is 2. The van der Waals surface area contributed by atoms with Crippen molar-refractivity contribution < 1.29 is 14.3 Å². The highest BCUT2D eigenvalue weighted by Crippen LogP contribution is 2.25. The van der Waals surface area contributed by atoms with Gasteiger partial charge in [0, 0.05) is 6.20 Å². The van der Waals surface area contributed by atoms with Crippen LogP contribution in [-0.2, 0) is 9.47 Å². The fourth-order valence-corrected chi connectivity index (χ4v) is 1.97. The molecule has 0 spiro atoms. The first kappa shape index (κ1) is 9.27. The van der Waals surface area contributed by atoms with Gasteiger partial charge in [-0.2, -0.15) is 0 Å². The smallest absolute Gasteiger partial charge is 0.428 e. The number of fused-ring (bicyclic) bond motifs is 1. The number of carbonyl (C=O) groups is 1. The largest absolute Gasteiger partial charge is 0.510 e. The van der Waals surface area contributed by atoms with Crippen LogP contribution in [0.2, 0.25) is 0 Å². The van der Waals surface area contributed by atoms with Gasteiger partial charge in [0.05, 0.1) is 5.52 Å². The highest BCUT2D eigenvalue weighted by atomic mass is 16.8. The van der Waals surface area contributed by atoms with Crippen molar-refractivity contribution in [2.75, 3.05) is 6.61 Å². The first-order valence-electron chi connectivity index (χ1n) is 5.15. The van der Waals surface area contributed by atoms with Crippen molar-refractivity contribution in [2.24, 2.45) is 0 Å². The second-order valence-corrected chi connectivity index (χ2v) is 3.92. The van der Waals surface area contributed by atoms with Gasteiger partial charge in [0.1, 0.15) is 0 Å². The summed E-state index contributed by atoms with van der Waals surface area (Å²) in [6, 6.07) is 8.19. The van der Waals surface area contributed by atoms with Crippen molar-refractivity contribution >= 4 is 17.1 Å². The third-order valence-corrected chi connectivity index (χ3v) is 2.77. The molecule has 4 heteroatoms. The number of ether oxygens (including phenoxy) is 2. The van der Waals surface area contributed by atoms with E-state index < -0.39 is 6.16 Å². The second-order valence-electron chi connectivity index (χ2n) is 3.92. The summed E-state index contributed by atoms with van der Waals surface area (Å²) in [5, 5.41) is 1.13. The zero-order valence-electron chi connectivity index (χ0n) is 8.84. The number of aryl methyl sites for hydroxylation is 1. The molecule has 2 aromatic rings. The van der Waals surface area contributed by atoms with Gasteiger partial charge in [-0.3, -0.25) is 0 Å². The van der Waals surface area contributed by atoms with Crippen LogP contribution in [0.5, 0.6) is 0 Å². The number of benzene rings is 1. The molecular weight excluding hydrogens is 206 g/mol. The van der Waals surface area contributed by atoms with E-state index in [1.807, 2.05) is 23.8 Å². The van der Waals surface area contributed by atoms with Crippen LogP contribution in [0.25, 0.3) is 10.9 Å². The minimum Gasteiger partial charge on any atom is -0.428 e. The Morgan fingerprint density at radius 3 is 3.00 bits per heavy atom. The monoisotopic (exact) mass is 217 g/mol. The molecule has 1 atom stereocenters. The second kappa shape index (κ2) is 3.27. The van der Waals surface area contributed by atoms with E-state index in [2.05, 4.69) is 18.2 Å². The van der Waals surface area contributed by atoms with Crippen LogP contribution in [0.3, 0.4) is 0 Å². The first-order valence-corrected chi connectivity index (χ1v) is 5.15. The van der Waals surface area contributed by atoms with Crippen molar-refractivity contribution in [3.8, 4) is 0 Å². The normalized spacial score (nSPS) is 19.8. The Bertz CT molecular complexity index is 558. The van der Waals surface area contributed by atoms with Crippen LogP contribution in [0, 0.1) is 6.92 Å². The van der Waals surface area contributed by atoms with E-state index in [1.54, 1.807) is 0 Å². The molecule has 1 saturated heterocycles. The maximum Gasteiger partial charge on any atom is 0.510 e. The predicted octanol–water partition coefficient (Wildman–Crippen LogP) is 2.62. The molecule has 1 aromatic carbocycles. The topological polar surface area (TPSA) is 40.5 Å². The fraction of sp³-hybridized carbons (Fsp3) is 0.250. The van der Waals surface area contributed by atoms with E-state index in [0.717, 1.165) is 10.9 Å². The lowest BCUT2D eigenvalue weighted by molar-refractivity contribution is 0.0979. The zero-order valence-corrected chi connectivity index (χ0v) is 8.84. The molecule has 1 unspecified atom stereocenters. The standard InChI is InChI=1S/C12H11NO3/c1-8-2-3-9-4-5-13(10(9)6-8)11-7-15-12(14)16-11/h2-6,11H,7H2,1H3. The van der Waals surface area contributed by atoms with Crippen LogP contribution >= 0.6 is 0 Å². The van der Waals surface area contributed by atoms with Gasteiger partial charge < -0.3 is 14.0 Å². The average Bonchev–Trinajstić information content (AvgIpc) is 2.83. The van der Waals surface area contributed by atoms with E-state index in [1.165, 1.54) is 5.56 Å². The number of aromatic nitrogens is 1. The Labute approximate surface area is 92.4 Å². The minimum atomic E-state index is -0.598. The maximum absolute atomic E-state index is 10.9. The molecule has 4 nitrogen and oxygen atoms in total. The Balaban J connectivity index is 2.09. The lowest BCUT2D eigenvalue weighted by atomic mass is 10.2. The summed E-state index contributed by atoms with van der Waals surface area (Å²) < 4.78 is 11.8. The van der Waals surface area contributed by atoms with Gasteiger partial charge in [0.25, 0.3) is 0 Å². The predicted molar refractivity (Wildman–Crippen MR) is 58.1 cm³/mol. The molecule has 0 aliphatic carbocycles. The summed E-state index contributed by atoms with van der Waals surface area (Å²) in [7, 11) is 0. The van der Waals surface area contributed by atoms with Crippen molar-refractivity contribution in [1.29, 1.82) is 0 Å². The SMILES string of the molecule is Cc1ccc2ccn(C3COC(=O)O3)c2c1. The number of nitrogens with zero attached hydrogens (tertiary/aromatic N) is 1. The van der Waals surface area contributed by atoms with Gasteiger partial charge in [-0.1, -0.05) is 12.1 Å².